The summed E-state index contributed by atoms with van der Waals surface area (Å²) in [5.41, 5.74) is 1.97. The SMILES string of the molecule is Cc1ccc(C)c(NC(=O)[C@H](NS(=O)(=O)c2ccc3c(c2)c(=O)n(C)c(=O)n3C)c2ccccc2)c1. The first-order valence-electron chi connectivity index (χ1n) is 11.1. The molecule has 1 aromatic heterocycles. The summed E-state index contributed by atoms with van der Waals surface area (Å²) >= 11 is 0. The Morgan fingerprint density at radius 1 is 0.889 bits per heavy atom. The molecule has 1 atom stereocenters. The summed E-state index contributed by atoms with van der Waals surface area (Å²) in [5.74, 6) is -0.558. The normalized spacial score (nSPS) is 12.4. The molecule has 0 saturated carbocycles. The highest BCUT2D eigenvalue weighted by atomic mass is 32.2. The Morgan fingerprint density at radius 2 is 1.58 bits per heavy atom. The highest BCUT2D eigenvalue weighted by Gasteiger charge is 2.28. The number of nitrogens with one attached hydrogen (secondary N) is 2. The maximum atomic E-state index is 13.4. The predicted molar refractivity (Wildman–Crippen MR) is 138 cm³/mol. The van der Waals surface area contributed by atoms with Gasteiger partial charge >= 0.3 is 5.69 Å². The zero-order chi connectivity index (χ0) is 26.2. The van der Waals surface area contributed by atoms with Crippen molar-refractivity contribution in [1.82, 2.24) is 13.9 Å². The molecular formula is C26H26N4O5S. The average Bonchev–Trinajstić information content (AvgIpc) is 2.87. The number of carbonyl (C=O) groups excluding carboxylic acids is 1. The fraction of sp³-hybridized carbons (Fsp3) is 0.192. The van der Waals surface area contributed by atoms with Crippen molar-refractivity contribution in [3.8, 4) is 0 Å². The van der Waals surface area contributed by atoms with Gasteiger partial charge in [-0.3, -0.25) is 18.7 Å². The minimum atomic E-state index is -4.25. The van der Waals surface area contributed by atoms with Gasteiger partial charge in [-0.25, -0.2) is 13.2 Å². The van der Waals surface area contributed by atoms with Crippen LogP contribution in [0.25, 0.3) is 10.9 Å². The smallest absolute Gasteiger partial charge is 0.324 e. The maximum Gasteiger partial charge on any atom is 0.330 e. The molecule has 0 unspecified atom stereocenters. The fourth-order valence-corrected chi connectivity index (χ4v) is 5.17. The molecule has 0 bridgehead atoms. The van der Waals surface area contributed by atoms with E-state index in [-0.39, 0.29) is 10.3 Å². The van der Waals surface area contributed by atoms with Crippen LogP contribution in [0.5, 0.6) is 0 Å². The molecule has 0 radical (unpaired) electrons. The van der Waals surface area contributed by atoms with E-state index in [2.05, 4.69) is 10.0 Å². The number of amides is 1. The molecule has 3 aromatic carbocycles. The first-order valence-corrected chi connectivity index (χ1v) is 12.6. The predicted octanol–water partition coefficient (Wildman–Crippen LogP) is 2.51. The van der Waals surface area contributed by atoms with Gasteiger partial charge in [-0.2, -0.15) is 4.72 Å². The lowest BCUT2D eigenvalue weighted by atomic mass is 10.1. The summed E-state index contributed by atoms with van der Waals surface area (Å²) in [5, 5.41) is 2.89. The Balaban J connectivity index is 1.76. The zero-order valence-electron chi connectivity index (χ0n) is 20.3. The molecular weight excluding hydrogens is 480 g/mol. The van der Waals surface area contributed by atoms with Crippen LogP contribution in [0.3, 0.4) is 0 Å². The van der Waals surface area contributed by atoms with Crippen molar-refractivity contribution in [3.05, 3.63) is 104 Å². The lowest BCUT2D eigenvalue weighted by molar-refractivity contribution is -0.117. The number of rotatable bonds is 6. The van der Waals surface area contributed by atoms with E-state index in [0.717, 1.165) is 15.7 Å². The monoisotopic (exact) mass is 506 g/mol. The lowest BCUT2D eigenvalue weighted by Gasteiger charge is -2.20. The van der Waals surface area contributed by atoms with Gasteiger partial charge in [0.2, 0.25) is 15.9 Å². The van der Waals surface area contributed by atoms with Crippen LogP contribution in [0.1, 0.15) is 22.7 Å². The van der Waals surface area contributed by atoms with Crippen molar-refractivity contribution in [2.45, 2.75) is 24.8 Å². The van der Waals surface area contributed by atoms with E-state index in [1.165, 1.54) is 36.9 Å². The molecule has 36 heavy (non-hydrogen) atoms. The van der Waals surface area contributed by atoms with Gasteiger partial charge in [0.15, 0.2) is 0 Å². The molecule has 0 fully saturated rings. The Kier molecular flexibility index (Phi) is 6.66. The number of hydrogen-bond acceptors (Lipinski definition) is 5. The second-order valence-corrected chi connectivity index (χ2v) is 10.4. The van der Waals surface area contributed by atoms with Gasteiger partial charge < -0.3 is 5.32 Å². The fourth-order valence-electron chi connectivity index (χ4n) is 3.96. The van der Waals surface area contributed by atoms with Crippen LogP contribution < -0.4 is 21.3 Å². The van der Waals surface area contributed by atoms with E-state index in [4.69, 9.17) is 0 Å². The van der Waals surface area contributed by atoms with E-state index >= 15 is 0 Å². The highest BCUT2D eigenvalue weighted by molar-refractivity contribution is 7.89. The maximum absolute atomic E-state index is 13.4. The molecule has 4 aromatic rings. The molecule has 0 aliphatic rings. The molecule has 186 valence electrons. The van der Waals surface area contributed by atoms with Crippen molar-refractivity contribution in [2.75, 3.05) is 5.32 Å². The Bertz CT molecular complexity index is 1710. The van der Waals surface area contributed by atoms with E-state index in [9.17, 15) is 22.8 Å². The number of anilines is 1. The minimum Gasteiger partial charge on any atom is -0.324 e. The Hall–Kier alpha value is -4.02. The third-order valence-corrected chi connectivity index (χ3v) is 7.49. The number of hydrogen-bond donors (Lipinski definition) is 2. The number of carbonyl (C=O) groups is 1. The number of nitrogens with zero attached hydrogens (tertiary/aromatic N) is 2. The second-order valence-electron chi connectivity index (χ2n) is 8.66. The van der Waals surface area contributed by atoms with Gasteiger partial charge in [0.05, 0.1) is 15.8 Å². The third kappa shape index (κ3) is 4.73. The van der Waals surface area contributed by atoms with Crippen LogP contribution >= 0.6 is 0 Å². The van der Waals surface area contributed by atoms with Gasteiger partial charge in [-0.1, -0.05) is 42.5 Å². The molecule has 9 nitrogen and oxygen atoms in total. The Labute approximate surface area is 208 Å². The average molecular weight is 507 g/mol. The second kappa shape index (κ2) is 9.56. The topological polar surface area (TPSA) is 119 Å². The summed E-state index contributed by atoms with van der Waals surface area (Å²) < 4.78 is 31.5. The molecule has 2 N–H and O–H groups in total. The van der Waals surface area contributed by atoms with E-state index in [1.54, 1.807) is 30.3 Å². The highest BCUT2D eigenvalue weighted by Crippen LogP contribution is 2.23. The van der Waals surface area contributed by atoms with Crippen molar-refractivity contribution >= 4 is 32.5 Å². The van der Waals surface area contributed by atoms with Crippen molar-refractivity contribution < 1.29 is 13.2 Å². The van der Waals surface area contributed by atoms with Gasteiger partial charge in [0, 0.05) is 19.8 Å². The first-order chi connectivity index (χ1) is 17.0. The zero-order valence-corrected chi connectivity index (χ0v) is 21.1. The van der Waals surface area contributed by atoms with Crippen molar-refractivity contribution in [1.29, 1.82) is 0 Å². The van der Waals surface area contributed by atoms with E-state index in [1.807, 2.05) is 32.0 Å². The van der Waals surface area contributed by atoms with Crippen molar-refractivity contribution in [2.24, 2.45) is 14.1 Å². The number of sulfonamides is 1. The molecule has 10 heteroatoms. The number of fused-ring (bicyclic) bond motifs is 1. The minimum absolute atomic E-state index is 0.0681. The van der Waals surface area contributed by atoms with Crippen LogP contribution in [-0.4, -0.2) is 23.5 Å². The standard InChI is InChI=1S/C26H26N4O5S/c1-16-10-11-17(2)21(14-16)27-24(31)23(18-8-6-5-7-9-18)28-36(34,35)19-12-13-22-20(15-19)25(32)30(4)26(33)29(22)3/h5-15,23,28H,1-4H3,(H,27,31)/t23-/m1/s1. The van der Waals surface area contributed by atoms with Gasteiger partial charge in [0.25, 0.3) is 5.56 Å². The van der Waals surface area contributed by atoms with Gasteiger partial charge in [-0.05, 0) is 54.8 Å². The van der Waals surface area contributed by atoms with Crippen LogP contribution in [0.4, 0.5) is 5.69 Å². The molecule has 0 aliphatic heterocycles. The third-order valence-electron chi connectivity index (χ3n) is 6.07. The summed E-state index contributed by atoms with van der Waals surface area (Å²) in [7, 11) is -1.43. The summed E-state index contributed by atoms with van der Waals surface area (Å²) in [6.07, 6.45) is 0. The van der Waals surface area contributed by atoms with Crippen LogP contribution in [-0.2, 0) is 28.9 Å². The van der Waals surface area contributed by atoms with E-state index in [0.29, 0.717) is 16.8 Å². The number of benzene rings is 3. The van der Waals surface area contributed by atoms with Gasteiger partial charge in [-0.15, -0.1) is 0 Å². The molecule has 0 aliphatic carbocycles. The van der Waals surface area contributed by atoms with E-state index < -0.39 is 33.2 Å². The molecule has 1 amide bonds. The number of aryl methyl sites for hydroxylation is 3. The lowest BCUT2D eigenvalue weighted by Crippen LogP contribution is -2.38. The molecule has 1 heterocycles. The first kappa shape index (κ1) is 25.1. The molecule has 0 saturated heterocycles. The molecule has 4 rings (SSSR count). The van der Waals surface area contributed by atoms with Crippen LogP contribution in [0.15, 0.2) is 81.2 Å². The van der Waals surface area contributed by atoms with Crippen LogP contribution in [0.2, 0.25) is 0 Å². The summed E-state index contributed by atoms with van der Waals surface area (Å²) in [6.45, 7) is 3.74. The Morgan fingerprint density at radius 3 is 2.28 bits per heavy atom. The summed E-state index contributed by atoms with van der Waals surface area (Å²) in [4.78, 5) is 38.0. The van der Waals surface area contributed by atoms with Gasteiger partial charge in [0.1, 0.15) is 6.04 Å². The quantitative estimate of drug-likeness (QED) is 0.417. The van der Waals surface area contributed by atoms with Crippen molar-refractivity contribution in [3.63, 3.8) is 0 Å². The van der Waals surface area contributed by atoms with Crippen LogP contribution in [0, 0.1) is 13.8 Å². The molecule has 0 spiro atoms. The summed E-state index contributed by atoms with van der Waals surface area (Å²) in [6, 6.07) is 16.8. The largest absolute Gasteiger partial charge is 0.330 e. The number of aromatic nitrogens is 2.